The maximum absolute atomic E-state index is 5.63. The molecule has 3 N–H and O–H groups in total. The smallest absolute Gasteiger partial charge is 0.135 e. The van der Waals surface area contributed by atoms with Gasteiger partial charge in [-0.3, -0.25) is 4.98 Å². The molecular weight excluding hydrogens is 306 g/mol. The fourth-order valence-corrected chi connectivity index (χ4v) is 2.16. The second kappa shape index (κ2) is 4.81. The molecule has 0 aliphatic carbocycles. The van der Waals surface area contributed by atoms with Gasteiger partial charge in [0.25, 0.3) is 0 Å². The van der Waals surface area contributed by atoms with Gasteiger partial charge in [0.05, 0.1) is 11.2 Å². The molecule has 6 heteroatoms. The number of nitrogen functional groups attached to an aromatic ring is 1. The standard InChI is InChI=1S/C13H10BrN5/c14-9-4-8-2-1-3-10(13(8)16-6-9)19-12-5-11(15)17-7-18-12/h1-7H,(H3,15,17,18,19). The number of nitrogens with one attached hydrogen (secondary N) is 1. The van der Waals surface area contributed by atoms with E-state index in [-0.39, 0.29) is 0 Å². The lowest BCUT2D eigenvalue weighted by Gasteiger charge is -2.08. The molecule has 3 rings (SSSR count). The summed E-state index contributed by atoms with van der Waals surface area (Å²) >= 11 is 3.41. The number of para-hydroxylation sites is 1. The van der Waals surface area contributed by atoms with Crippen LogP contribution in [0.3, 0.4) is 0 Å². The minimum Gasteiger partial charge on any atom is -0.384 e. The van der Waals surface area contributed by atoms with Gasteiger partial charge in [0.2, 0.25) is 0 Å². The van der Waals surface area contributed by atoms with E-state index in [1.54, 1.807) is 12.3 Å². The Labute approximate surface area is 118 Å². The number of hydrogen-bond acceptors (Lipinski definition) is 5. The van der Waals surface area contributed by atoms with Crippen LogP contribution in [0, 0.1) is 0 Å². The molecule has 5 nitrogen and oxygen atoms in total. The van der Waals surface area contributed by atoms with E-state index in [9.17, 15) is 0 Å². The maximum Gasteiger partial charge on any atom is 0.135 e. The van der Waals surface area contributed by atoms with Gasteiger partial charge in [0, 0.05) is 22.1 Å². The third-order valence-electron chi connectivity index (χ3n) is 2.63. The quantitative estimate of drug-likeness (QED) is 0.759. The highest BCUT2D eigenvalue weighted by Crippen LogP contribution is 2.26. The minimum absolute atomic E-state index is 0.424. The molecule has 0 saturated heterocycles. The van der Waals surface area contributed by atoms with Crippen LogP contribution in [0.5, 0.6) is 0 Å². The highest BCUT2D eigenvalue weighted by Gasteiger charge is 2.04. The minimum atomic E-state index is 0.424. The summed E-state index contributed by atoms with van der Waals surface area (Å²) < 4.78 is 0.948. The van der Waals surface area contributed by atoms with Crippen molar-refractivity contribution in [3.63, 3.8) is 0 Å². The zero-order chi connectivity index (χ0) is 13.2. The molecule has 0 amide bonds. The van der Waals surface area contributed by atoms with Crippen molar-refractivity contribution < 1.29 is 0 Å². The van der Waals surface area contributed by atoms with Gasteiger partial charge in [-0.1, -0.05) is 12.1 Å². The Balaban J connectivity index is 2.06. The van der Waals surface area contributed by atoms with Crippen molar-refractivity contribution in [2.75, 3.05) is 11.1 Å². The van der Waals surface area contributed by atoms with Crippen LogP contribution in [-0.2, 0) is 0 Å². The fraction of sp³-hybridized carbons (Fsp3) is 0. The van der Waals surface area contributed by atoms with Gasteiger partial charge >= 0.3 is 0 Å². The summed E-state index contributed by atoms with van der Waals surface area (Å²) in [5.41, 5.74) is 7.39. The van der Waals surface area contributed by atoms with Crippen LogP contribution in [0.1, 0.15) is 0 Å². The largest absolute Gasteiger partial charge is 0.384 e. The Kier molecular flexibility index (Phi) is 3.00. The van der Waals surface area contributed by atoms with Gasteiger partial charge in [0.15, 0.2) is 0 Å². The summed E-state index contributed by atoms with van der Waals surface area (Å²) in [6, 6.07) is 9.61. The molecule has 0 spiro atoms. The number of benzene rings is 1. The van der Waals surface area contributed by atoms with Gasteiger partial charge in [-0.2, -0.15) is 0 Å². The van der Waals surface area contributed by atoms with E-state index in [0.717, 1.165) is 21.1 Å². The van der Waals surface area contributed by atoms with Crippen LogP contribution in [0.4, 0.5) is 17.3 Å². The molecular formula is C13H10BrN5. The number of anilines is 3. The lowest BCUT2D eigenvalue weighted by molar-refractivity contribution is 1.18. The number of nitrogens with zero attached hydrogens (tertiary/aromatic N) is 3. The highest BCUT2D eigenvalue weighted by molar-refractivity contribution is 9.10. The zero-order valence-electron chi connectivity index (χ0n) is 9.84. The predicted octanol–water partition coefficient (Wildman–Crippen LogP) is 3.11. The number of fused-ring (bicyclic) bond motifs is 1. The second-order valence-electron chi connectivity index (χ2n) is 3.98. The van der Waals surface area contributed by atoms with E-state index in [0.29, 0.717) is 11.6 Å². The monoisotopic (exact) mass is 315 g/mol. The number of halogens is 1. The summed E-state index contributed by atoms with van der Waals surface area (Å²) in [6.45, 7) is 0. The van der Waals surface area contributed by atoms with Gasteiger partial charge in [-0.25, -0.2) is 9.97 Å². The number of pyridine rings is 1. The Hall–Kier alpha value is -2.21. The molecule has 0 radical (unpaired) electrons. The van der Waals surface area contributed by atoms with Crippen LogP contribution < -0.4 is 11.1 Å². The lowest BCUT2D eigenvalue weighted by atomic mass is 10.2. The van der Waals surface area contributed by atoms with Crippen molar-refractivity contribution in [1.82, 2.24) is 15.0 Å². The normalized spacial score (nSPS) is 10.6. The summed E-state index contributed by atoms with van der Waals surface area (Å²) in [7, 11) is 0. The molecule has 0 fully saturated rings. The maximum atomic E-state index is 5.63. The number of hydrogen-bond donors (Lipinski definition) is 2. The molecule has 0 bridgehead atoms. The van der Waals surface area contributed by atoms with Crippen molar-refractivity contribution in [1.29, 1.82) is 0 Å². The Morgan fingerprint density at radius 1 is 1.11 bits per heavy atom. The van der Waals surface area contributed by atoms with Crippen molar-refractivity contribution in [3.8, 4) is 0 Å². The van der Waals surface area contributed by atoms with Crippen LogP contribution in [0.25, 0.3) is 10.9 Å². The van der Waals surface area contributed by atoms with E-state index >= 15 is 0 Å². The molecule has 3 aromatic rings. The van der Waals surface area contributed by atoms with Gasteiger partial charge in [-0.05, 0) is 28.1 Å². The first-order chi connectivity index (χ1) is 9.22. The summed E-state index contributed by atoms with van der Waals surface area (Å²) in [5.74, 6) is 1.07. The molecule has 0 atom stereocenters. The van der Waals surface area contributed by atoms with Crippen LogP contribution in [0.2, 0.25) is 0 Å². The van der Waals surface area contributed by atoms with Gasteiger partial charge in [-0.15, -0.1) is 0 Å². The molecule has 94 valence electrons. The van der Waals surface area contributed by atoms with E-state index in [1.807, 2.05) is 24.3 Å². The summed E-state index contributed by atoms with van der Waals surface area (Å²) in [4.78, 5) is 12.4. The fourth-order valence-electron chi connectivity index (χ4n) is 1.81. The van der Waals surface area contributed by atoms with Crippen LogP contribution in [0.15, 0.2) is 47.3 Å². The summed E-state index contributed by atoms with van der Waals surface area (Å²) in [5, 5.41) is 4.24. The number of rotatable bonds is 2. The van der Waals surface area contributed by atoms with Crippen molar-refractivity contribution in [2.24, 2.45) is 0 Å². The summed E-state index contributed by atoms with van der Waals surface area (Å²) in [6.07, 6.45) is 3.19. The van der Waals surface area contributed by atoms with E-state index in [1.165, 1.54) is 6.33 Å². The van der Waals surface area contributed by atoms with Crippen LogP contribution in [-0.4, -0.2) is 15.0 Å². The Bertz CT molecular complexity index is 744. The molecule has 0 unspecified atom stereocenters. The van der Waals surface area contributed by atoms with Crippen molar-refractivity contribution >= 4 is 44.2 Å². The molecule has 2 aromatic heterocycles. The third kappa shape index (κ3) is 2.48. The number of nitrogens with two attached hydrogens (primary N) is 1. The van der Waals surface area contributed by atoms with Gasteiger partial charge in [0.1, 0.15) is 18.0 Å². The van der Waals surface area contributed by atoms with Crippen LogP contribution >= 0.6 is 15.9 Å². The predicted molar refractivity (Wildman–Crippen MR) is 79.2 cm³/mol. The molecule has 19 heavy (non-hydrogen) atoms. The van der Waals surface area contributed by atoms with Crippen molar-refractivity contribution in [3.05, 3.63) is 47.3 Å². The molecule has 1 aromatic carbocycles. The number of aromatic nitrogens is 3. The highest BCUT2D eigenvalue weighted by atomic mass is 79.9. The average Bonchev–Trinajstić information content (AvgIpc) is 2.38. The Morgan fingerprint density at radius 3 is 2.84 bits per heavy atom. The van der Waals surface area contributed by atoms with Crippen molar-refractivity contribution in [2.45, 2.75) is 0 Å². The van der Waals surface area contributed by atoms with E-state index in [2.05, 4.69) is 36.2 Å². The molecule has 0 aliphatic rings. The molecule has 2 heterocycles. The Morgan fingerprint density at radius 2 is 2.00 bits per heavy atom. The first kappa shape index (κ1) is 11.9. The topological polar surface area (TPSA) is 76.7 Å². The lowest BCUT2D eigenvalue weighted by Crippen LogP contribution is -1.98. The first-order valence-electron chi connectivity index (χ1n) is 5.61. The average molecular weight is 316 g/mol. The first-order valence-corrected chi connectivity index (χ1v) is 6.40. The van der Waals surface area contributed by atoms with E-state index in [4.69, 9.17) is 5.73 Å². The molecule has 0 saturated carbocycles. The third-order valence-corrected chi connectivity index (χ3v) is 3.06. The SMILES string of the molecule is Nc1cc(Nc2cccc3cc(Br)cnc23)ncn1. The van der Waals surface area contributed by atoms with Gasteiger partial charge < -0.3 is 11.1 Å². The second-order valence-corrected chi connectivity index (χ2v) is 4.90. The zero-order valence-corrected chi connectivity index (χ0v) is 11.4. The molecule has 0 aliphatic heterocycles. The van der Waals surface area contributed by atoms with E-state index < -0.39 is 0 Å².